The van der Waals surface area contributed by atoms with Gasteiger partial charge in [0.2, 0.25) is 0 Å². The lowest BCUT2D eigenvalue weighted by atomic mass is 10.1. The van der Waals surface area contributed by atoms with Gasteiger partial charge in [-0.2, -0.15) is 16.4 Å². The first-order valence-corrected chi connectivity index (χ1v) is 6.90. The van der Waals surface area contributed by atoms with Gasteiger partial charge in [0.1, 0.15) is 0 Å². The minimum absolute atomic E-state index is 0.348. The van der Waals surface area contributed by atoms with E-state index in [-0.39, 0.29) is 0 Å². The minimum atomic E-state index is 0.348. The predicted octanol–water partition coefficient (Wildman–Crippen LogP) is 2.68. The van der Waals surface area contributed by atoms with Gasteiger partial charge in [0.05, 0.1) is 17.4 Å². The molecule has 0 aliphatic rings. The minimum Gasteiger partial charge on any atom is -0.309 e. The first-order valence-electron chi connectivity index (χ1n) is 5.95. The molecule has 1 atom stereocenters. The van der Waals surface area contributed by atoms with Gasteiger partial charge < -0.3 is 5.32 Å². The molecular formula is C13H19N3S. The van der Waals surface area contributed by atoms with E-state index in [1.165, 1.54) is 11.3 Å². The number of nitrogens with one attached hydrogen (secondary N) is 1. The van der Waals surface area contributed by atoms with Gasteiger partial charge in [-0.15, -0.1) is 0 Å². The summed E-state index contributed by atoms with van der Waals surface area (Å²) < 4.78 is 1.98. The van der Waals surface area contributed by atoms with Gasteiger partial charge in [-0.3, -0.25) is 4.68 Å². The van der Waals surface area contributed by atoms with E-state index >= 15 is 0 Å². The van der Waals surface area contributed by atoms with Crippen LogP contribution in [0.25, 0.3) is 0 Å². The van der Waals surface area contributed by atoms with Crippen LogP contribution in [0.4, 0.5) is 0 Å². The Balaban J connectivity index is 2.19. The third-order valence-electron chi connectivity index (χ3n) is 2.87. The highest BCUT2D eigenvalue weighted by Crippen LogP contribution is 2.20. The average molecular weight is 249 g/mol. The second kappa shape index (κ2) is 5.47. The number of thiophene rings is 1. The van der Waals surface area contributed by atoms with Gasteiger partial charge in [-0.25, -0.2) is 0 Å². The number of aryl methyl sites for hydroxylation is 2. The van der Waals surface area contributed by atoms with Crippen LogP contribution in [0.15, 0.2) is 22.9 Å². The normalized spacial score (nSPS) is 12.9. The zero-order valence-corrected chi connectivity index (χ0v) is 11.4. The standard InChI is InChI=1S/C13H19N3S/c1-4-14-12(8-11-5-6-17-9-11)13-7-10(2)15-16(13)3/h5-7,9,12,14H,4,8H2,1-3H3. The average Bonchev–Trinajstić information content (AvgIpc) is 2.88. The third kappa shape index (κ3) is 2.96. The summed E-state index contributed by atoms with van der Waals surface area (Å²) in [5.74, 6) is 0. The van der Waals surface area contributed by atoms with Crippen LogP contribution in [0.3, 0.4) is 0 Å². The molecule has 0 spiro atoms. The van der Waals surface area contributed by atoms with E-state index in [1.807, 2.05) is 18.7 Å². The number of nitrogens with zero attached hydrogens (tertiary/aromatic N) is 2. The van der Waals surface area contributed by atoms with E-state index in [0.29, 0.717) is 6.04 Å². The van der Waals surface area contributed by atoms with Crippen molar-refractivity contribution >= 4 is 11.3 Å². The maximum Gasteiger partial charge on any atom is 0.0597 e. The van der Waals surface area contributed by atoms with Gasteiger partial charge in [0.15, 0.2) is 0 Å². The fourth-order valence-electron chi connectivity index (χ4n) is 2.13. The van der Waals surface area contributed by atoms with E-state index in [9.17, 15) is 0 Å². The maximum absolute atomic E-state index is 4.42. The topological polar surface area (TPSA) is 29.9 Å². The number of hydrogen-bond acceptors (Lipinski definition) is 3. The van der Waals surface area contributed by atoms with Crippen LogP contribution in [0.1, 0.15) is 29.9 Å². The van der Waals surface area contributed by atoms with Crippen LogP contribution in [-0.4, -0.2) is 16.3 Å². The largest absolute Gasteiger partial charge is 0.309 e. The van der Waals surface area contributed by atoms with Crippen molar-refractivity contribution in [3.05, 3.63) is 39.8 Å². The monoisotopic (exact) mass is 249 g/mol. The molecule has 0 amide bonds. The summed E-state index contributed by atoms with van der Waals surface area (Å²) in [5, 5.41) is 12.3. The van der Waals surface area contributed by atoms with Gasteiger partial charge in [0.25, 0.3) is 0 Å². The molecule has 2 aromatic heterocycles. The summed E-state index contributed by atoms with van der Waals surface area (Å²) in [6.45, 7) is 5.15. The van der Waals surface area contributed by atoms with Crippen molar-refractivity contribution in [2.45, 2.75) is 26.3 Å². The van der Waals surface area contributed by atoms with Crippen molar-refractivity contribution in [2.75, 3.05) is 6.54 Å². The lowest BCUT2D eigenvalue weighted by Gasteiger charge is -2.17. The van der Waals surface area contributed by atoms with Crippen LogP contribution < -0.4 is 5.32 Å². The number of likely N-dealkylation sites (N-methyl/N-ethyl adjacent to an activating group) is 1. The fourth-order valence-corrected chi connectivity index (χ4v) is 2.81. The Morgan fingerprint density at radius 1 is 1.53 bits per heavy atom. The fraction of sp³-hybridized carbons (Fsp3) is 0.462. The SMILES string of the molecule is CCNC(Cc1ccsc1)c1cc(C)nn1C. The highest BCUT2D eigenvalue weighted by molar-refractivity contribution is 7.07. The Bertz CT molecular complexity index is 459. The number of rotatable bonds is 5. The van der Waals surface area contributed by atoms with E-state index in [4.69, 9.17) is 0 Å². The Hall–Kier alpha value is -1.13. The lowest BCUT2D eigenvalue weighted by Crippen LogP contribution is -2.25. The molecule has 0 bridgehead atoms. The van der Waals surface area contributed by atoms with Crippen LogP contribution in [0.5, 0.6) is 0 Å². The molecule has 0 saturated heterocycles. The highest BCUT2D eigenvalue weighted by Gasteiger charge is 2.15. The molecule has 2 aromatic rings. The number of hydrogen-bond donors (Lipinski definition) is 1. The van der Waals surface area contributed by atoms with E-state index in [0.717, 1.165) is 18.7 Å². The molecule has 1 N–H and O–H groups in total. The van der Waals surface area contributed by atoms with Crippen LogP contribution in [0, 0.1) is 6.92 Å². The van der Waals surface area contributed by atoms with Crippen molar-refractivity contribution < 1.29 is 0 Å². The van der Waals surface area contributed by atoms with Gasteiger partial charge in [-0.1, -0.05) is 6.92 Å². The first-order chi connectivity index (χ1) is 8.20. The zero-order valence-electron chi connectivity index (χ0n) is 10.6. The number of aromatic nitrogens is 2. The smallest absolute Gasteiger partial charge is 0.0597 e. The van der Waals surface area contributed by atoms with Crippen LogP contribution in [0.2, 0.25) is 0 Å². The molecular weight excluding hydrogens is 230 g/mol. The molecule has 0 saturated carbocycles. The summed E-state index contributed by atoms with van der Waals surface area (Å²) in [6.07, 6.45) is 1.02. The zero-order chi connectivity index (χ0) is 12.3. The summed E-state index contributed by atoms with van der Waals surface area (Å²) in [4.78, 5) is 0. The van der Waals surface area contributed by atoms with Gasteiger partial charge in [-0.05, 0) is 48.3 Å². The van der Waals surface area contributed by atoms with Crippen molar-refractivity contribution in [3.63, 3.8) is 0 Å². The Kier molecular flexibility index (Phi) is 3.97. The van der Waals surface area contributed by atoms with E-state index < -0.39 is 0 Å². The molecule has 0 aromatic carbocycles. The van der Waals surface area contributed by atoms with Crippen LogP contribution >= 0.6 is 11.3 Å². The van der Waals surface area contributed by atoms with Gasteiger partial charge >= 0.3 is 0 Å². The van der Waals surface area contributed by atoms with Crippen molar-refractivity contribution in [2.24, 2.45) is 7.05 Å². The highest BCUT2D eigenvalue weighted by atomic mass is 32.1. The van der Waals surface area contributed by atoms with Crippen molar-refractivity contribution in [1.82, 2.24) is 15.1 Å². The Morgan fingerprint density at radius 2 is 2.35 bits per heavy atom. The van der Waals surface area contributed by atoms with Crippen LogP contribution in [-0.2, 0) is 13.5 Å². The maximum atomic E-state index is 4.42. The second-order valence-electron chi connectivity index (χ2n) is 4.28. The van der Waals surface area contributed by atoms with E-state index in [1.54, 1.807) is 11.3 Å². The molecule has 92 valence electrons. The second-order valence-corrected chi connectivity index (χ2v) is 5.06. The molecule has 2 heterocycles. The molecule has 0 aliphatic carbocycles. The molecule has 3 nitrogen and oxygen atoms in total. The molecule has 0 fully saturated rings. The quantitative estimate of drug-likeness (QED) is 0.883. The van der Waals surface area contributed by atoms with Crippen molar-refractivity contribution in [3.8, 4) is 0 Å². The Morgan fingerprint density at radius 3 is 2.88 bits per heavy atom. The summed E-state index contributed by atoms with van der Waals surface area (Å²) in [7, 11) is 2.01. The molecule has 4 heteroatoms. The summed E-state index contributed by atoms with van der Waals surface area (Å²) >= 11 is 1.75. The summed E-state index contributed by atoms with van der Waals surface area (Å²) in [5.41, 5.74) is 3.73. The third-order valence-corrected chi connectivity index (χ3v) is 3.60. The first kappa shape index (κ1) is 12.3. The molecule has 17 heavy (non-hydrogen) atoms. The molecule has 1 unspecified atom stereocenters. The molecule has 2 rings (SSSR count). The molecule has 0 radical (unpaired) electrons. The molecule has 0 aliphatic heterocycles. The lowest BCUT2D eigenvalue weighted by molar-refractivity contribution is 0.508. The van der Waals surface area contributed by atoms with Crippen molar-refractivity contribution in [1.29, 1.82) is 0 Å². The predicted molar refractivity (Wildman–Crippen MR) is 72.4 cm³/mol. The Labute approximate surface area is 106 Å². The van der Waals surface area contributed by atoms with E-state index in [2.05, 4.69) is 40.2 Å². The summed E-state index contributed by atoms with van der Waals surface area (Å²) in [6, 6.07) is 4.71. The van der Waals surface area contributed by atoms with Gasteiger partial charge in [0, 0.05) is 7.05 Å².